The van der Waals surface area contributed by atoms with Gasteiger partial charge in [0.1, 0.15) is 5.82 Å². The van der Waals surface area contributed by atoms with Crippen LogP contribution in [0, 0.1) is 0 Å². The predicted octanol–water partition coefficient (Wildman–Crippen LogP) is 1.60. The number of nitrogens with one attached hydrogen (secondary N) is 1. The van der Waals surface area contributed by atoms with Gasteiger partial charge in [0.2, 0.25) is 0 Å². The first kappa shape index (κ1) is 16.5. The molecule has 6 nitrogen and oxygen atoms in total. The highest BCUT2D eigenvalue weighted by Gasteiger charge is 2.13. The molecular formula is C16H26N4O2. The lowest BCUT2D eigenvalue weighted by Crippen LogP contribution is -2.41. The highest BCUT2D eigenvalue weighted by atomic mass is 16.3. The molecule has 0 saturated carbocycles. The van der Waals surface area contributed by atoms with E-state index in [-0.39, 0.29) is 12.6 Å². The molecule has 1 aliphatic heterocycles. The molecule has 122 valence electrons. The van der Waals surface area contributed by atoms with Crippen molar-refractivity contribution in [1.29, 1.82) is 0 Å². The normalized spacial score (nSPS) is 14.7. The molecule has 1 aliphatic rings. The largest absolute Gasteiger partial charge is 0.395 e. The molecule has 0 bridgehead atoms. The Morgan fingerprint density at radius 1 is 1.41 bits per heavy atom. The predicted molar refractivity (Wildman–Crippen MR) is 86.9 cm³/mol. The van der Waals surface area contributed by atoms with Crippen molar-refractivity contribution in [3.63, 3.8) is 0 Å². The quantitative estimate of drug-likeness (QED) is 0.837. The van der Waals surface area contributed by atoms with Gasteiger partial charge in [-0.15, -0.1) is 0 Å². The molecule has 6 heteroatoms. The van der Waals surface area contributed by atoms with E-state index in [9.17, 15) is 4.79 Å². The minimum atomic E-state index is -0.145. The van der Waals surface area contributed by atoms with Gasteiger partial charge in [-0.25, -0.2) is 9.78 Å². The first-order chi connectivity index (χ1) is 10.7. The van der Waals surface area contributed by atoms with Crippen LogP contribution in [0.25, 0.3) is 0 Å². The Hall–Kier alpha value is -1.82. The summed E-state index contributed by atoms with van der Waals surface area (Å²) in [5.41, 5.74) is 1.05. The maximum Gasteiger partial charge on any atom is 0.317 e. The third-order valence-corrected chi connectivity index (χ3v) is 3.97. The maximum absolute atomic E-state index is 12.0. The smallest absolute Gasteiger partial charge is 0.317 e. The molecule has 2 amide bonds. The van der Waals surface area contributed by atoms with Crippen LogP contribution in [0.5, 0.6) is 0 Å². The average Bonchev–Trinajstić information content (AvgIpc) is 2.58. The van der Waals surface area contributed by atoms with Gasteiger partial charge in [0.25, 0.3) is 0 Å². The first-order valence-corrected chi connectivity index (χ1v) is 8.08. The average molecular weight is 306 g/mol. The number of aliphatic hydroxyl groups is 1. The van der Waals surface area contributed by atoms with Crippen LogP contribution in [0.15, 0.2) is 18.3 Å². The molecular weight excluding hydrogens is 280 g/mol. The van der Waals surface area contributed by atoms with Gasteiger partial charge in [0, 0.05) is 38.9 Å². The van der Waals surface area contributed by atoms with Gasteiger partial charge in [-0.1, -0.05) is 0 Å². The molecule has 0 radical (unpaired) electrons. The van der Waals surface area contributed by atoms with Gasteiger partial charge in [-0.2, -0.15) is 0 Å². The lowest BCUT2D eigenvalue weighted by atomic mass is 10.1. The minimum absolute atomic E-state index is 0.0182. The number of hydrogen-bond acceptors (Lipinski definition) is 4. The highest BCUT2D eigenvalue weighted by molar-refractivity contribution is 5.74. The third-order valence-electron chi connectivity index (χ3n) is 3.97. The number of urea groups is 1. The molecule has 2 rings (SSSR count). The molecule has 1 fully saturated rings. The SMILES string of the molecule is CCN(CCO)C(=O)NCc1ccnc(N2CCCCC2)c1. The summed E-state index contributed by atoms with van der Waals surface area (Å²) in [6, 6.07) is 3.83. The van der Waals surface area contributed by atoms with Crippen LogP contribution in [-0.4, -0.2) is 53.8 Å². The summed E-state index contributed by atoms with van der Waals surface area (Å²) in [4.78, 5) is 20.3. The maximum atomic E-state index is 12.0. The lowest BCUT2D eigenvalue weighted by molar-refractivity contribution is 0.180. The summed E-state index contributed by atoms with van der Waals surface area (Å²) in [6.45, 7) is 5.42. The number of carbonyl (C=O) groups is 1. The lowest BCUT2D eigenvalue weighted by Gasteiger charge is -2.28. The van der Waals surface area contributed by atoms with Crippen LogP contribution in [0.4, 0.5) is 10.6 Å². The zero-order valence-corrected chi connectivity index (χ0v) is 13.3. The van der Waals surface area contributed by atoms with Gasteiger partial charge < -0.3 is 20.2 Å². The topological polar surface area (TPSA) is 68.7 Å². The summed E-state index contributed by atoms with van der Waals surface area (Å²) in [5, 5.41) is 11.8. The van der Waals surface area contributed by atoms with Crippen molar-refractivity contribution >= 4 is 11.8 Å². The van der Waals surface area contributed by atoms with Crippen molar-refractivity contribution in [3.05, 3.63) is 23.9 Å². The fourth-order valence-electron chi connectivity index (χ4n) is 2.68. The standard InChI is InChI=1S/C16H26N4O2/c1-2-19(10-11-21)16(22)18-13-14-6-7-17-15(12-14)20-8-4-3-5-9-20/h6-7,12,21H,2-5,8-11,13H2,1H3,(H,18,22). The zero-order chi connectivity index (χ0) is 15.8. The first-order valence-electron chi connectivity index (χ1n) is 8.08. The summed E-state index contributed by atoms with van der Waals surface area (Å²) >= 11 is 0. The van der Waals surface area contributed by atoms with Gasteiger partial charge in [-0.05, 0) is 43.9 Å². The number of hydrogen-bond donors (Lipinski definition) is 2. The summed E-state index contributed by atoms with van der Waals surface area (Å²) < 4.78 is 0. The Kier molecular flexibility index (Phi) is 6.45. The Morgan fingerprint density at radius 2 is 2.18 bits per heavy atom. The molecule has 2 N–H and O–H groups in total. The zero-order valence-electron chi connectivity index (χ0n) is 13.3. The molecule has 0 aliphatic carbocycles. The number of likely N-dealkylation sites (N-methyl/N-ethyl adjacent to an activating group) is 1. The van der Waals surface area contributed by atoms with Crippen LogP contribution in [0.3, 0.4) is 0 Å². The van der Waals surface area contributed by atoms with Crippen LogP contribution < -0.4 is 10.2 Å². The van der Waals surface area contributed by atoms with Gasteiger partial charge >= 0.3 is 6.03 Å². The van der Waals surface area contributed by atoms with Crippen molar-refractivity contribution < 1.29 is 9.90 Å². The van der Waals surface area contributed by atoms with Crippen molar-refractivity contribution in [1.82, 2.24) is 15.2 Å². The van der Waals surface area contributed by atoms with Crippen molar-refractivity contribution in [2.75, 3.05) is 37.7 Å². The number of carbonyl (C=O) groups excluding carboxylic acids is 1. The number of pyridine rings is 1. The van der Waals surface area contributed by atoms with E-state index in [2.05, 4.69) is 15.2 Å². The number of amides is 2. The second kappa shape index (κ2) is 8.58. The number of nitrogens with zero attached hydrogens (tertiary/aromatic N) is 3. The van der Waals surface area contributed by atoms with E-state index >= 15 is 0 Å². The highest BCUT2D eigenvalue weighted by Crippen LogP contribution is 2.18. The Balaban J connectivity index is 1.91. The van der Waals surface area contributed by atoms with Crippen molar-refractivity contribution in [3.8, 4) is 0 Å². The molecule has 2 heterocycles. The Bertz CT molecular complexity index is 475. The number of piperidine rings is 1. The van der Waals surface area contributed by atoms with E-state index in [1.165, 1.54) is 19.3 Å². The molecule has 22 heavy (non-hydrogen) atoms. The fourth-order valence-corrected chi connectivity index (χ4v) is 2.68. The second-order valence-electron chi connectivity index (χ2n) is 5.53. The van der Waals surface area contributed by atoms with E-state index in [1.807, 2.05) is 19.1 Å². The molecule has 0 unspecified atom stereocenters. The van der Waals surface area contributed by atoms with Crippen molar-refractivity contribution in [2.24, 2.45) is 0 Å². The van der Waals surface area contributed by atoms with Crippen LogP contribution in [0.1, 0.15) is 31.7 Å². The Morgan fingerprint density at radius 3 is 2.86 bits per heavy atom. The Labute approximate surface area is 132 Å². The molecule has 1 aromatic rings. The summed E-state index contributed by atoms with van der Waals surface area (Å²) in [6.07, 6.45) is 5.53. The van der Waals surface area contributed by atoms with Gasteiger partial charge in [-0.3, -0.25) is 0 Å². The third kappa shape index (κ3) is 4.59. The van der Waals surface area contributed by atoms with Crippen LogP contribution >= 0.6 is 0 Å². The number of aromatic nitrogens is 1. The van der Waals surface area contributed by atoms with E-state index < -0.39 is 0 Å². The fraction of sp³-hybridized carbons (Fsp3) is 0.625. The van der Waals surface area contributed by atoms with E-state index in [0.717, 1.165) is 24.5 Å². The van der Waals surface area contributed by atoms with E-state index in [4.69, 9.17) is 5.11 Å². The summed E-state index contributed by atoms with van der Waals surface area (Å²) in [5.74, 6) is 0.995. The van der Waals surface area contributed by atoms with Gasteiger partial charge in [0.15, 0.2) is 0 Å². The second-order valence-corrected chi connectivity index (χ2v) is 5.53. The number of anilines is 1. The number of aliphatic hydroxyl groups excluding tert-OH is 1. The van der Waals surface area contributed by atoms with Gasteiger partial charge in [0.05, 0.1) is 6.61 Å². The number of rotatable bonds is 6. The van der Waals surface area contributed by atoms with Crippen LogP contribution in [0.2, 0.25) is 0 Å². The van der Waals surface area contributed by atoms with E-state index in [0.29, 0.717) is 19.6 Å². The molecule has 0 spiro atoms. The molecule has 0 aromatic carbocycles. The van der Waals surface area contributed by atoms with Crippen LogP contribution in [-0.2, 0) is 6.54 Å². The monoisotopic (exact) mass is 306 g/mol. The molecule has 1 saturated heterocycles. The minimum Gasteiger partial charge on any atom is -0.395 e. The summed E-state index contributed by atoms with van der Waals surface area (Å²) in [7, 11) is 0. The molecule has 1 aromatic heterocycles. The van der Waals surface area contributed by atoms with Crippen molar-refractivity contribution in [2.45, 2.75) is 32.7 Å². The molecule has 0 atom stereocenters. The van der Waals surface area contributed by atoms with E-state index in [1.54, 1.807) is 11.1 Å².